The van der Waals surface area contributed by atoms with Gasteiger partial charge >= 0.3 is 5.97 Å². The summed E-state index contributed by atoms with van der Waals surface area (Å²) in [6.45, 7) is 2.99. The van der Waals surface area contributed by atoms with Gasteiger partial charge in [-0.15, -0.1) is 0 Å². The molecule has 4 rings (SSSR count). The zero-order valence-corrected chi connectivity index (χ0v) is 21.5. The van der Waals surface area contributed by atoms with E-state index < -0.39 is 12.0 Å². The van der Waals surface area contributed by atoms with Crippen LogP contribution in [-0.4, -0.2) is 74.7 Å². The molecule has 0 aliphatic carbocycles. The smallest absolute Gasteiger partial charge is 0.305 e. The van der Waals surface area contributed by atoms with Crippen LogP contribution in [0.4, 0.5) is 5.69 Å². The third-order valence-corrected chi connectivity index (χ3v) is 6.44. The number of likely N-dealkylation sites (N-methyl/N-ethyl adjacent to an activating group) is 1. The van der Waals surface area contributed by atoms with Gasteiger partial charge in [0, 0.05) is 44.9 Å². The van der Waals surface area contributed by atoms with Gasteiger partial charge in [0.1, 0.15) is 11.9 Å². The standard InChI is InChI=1S/C27H32N6O5/c1-17(34)28-11-5-6-12-33(16-24-30-21-7-3-4-8-22(21)31-24)26(37)18-9-10-20-19(13-18)15-32(2)27(38)23(29-20)14-25(35)36/h3-4,7-10,13,23,29H,5-6,11-12,14-16H2,1-2H3,(H,28,34)(H,30,31)(H,35,36)/t23-/m0/s1. The second-order valence-corrected chi connectivity index (χ2v) is 9.48. The average Bonchev–Trinajstić information content (AvgIpc) is 3.24. The number of amides is 3. The zero-order chi connectivity index (χ0) is 27.2. The Labute approximate surface area is 220 Å². The summed E-state index contributed by atoms with van der Waals surface area (Å²) in [6.07, 6.45) is 1.06. The van der Waals surface area contributed by atoms with Crippen LogP contribution in [0.5, 0.6) is 0 Å². The van der Waals surface area contributed by atoms with Gasteiger partial charge < -0.3 is 30.5 Å². The number of unbranched alkanes of at least 4 members (excludes halogenated alkanes) is 1. The number of nitrogens with zero attached hydrogens (tertiary/aromatic N) is 3. The highest BCUT2D eigenvalue weighted by Gasteiger charge is 2.29. The Morgan fingerprint density at radius 1 is 1.18 bits per heavy atom. The van der Waals surface area contributed by atoms with E-state index in [-0.39, 0.29) is 37.2 Å². The number of carbonyl (C=O) groups excluding carboxylic acids is 3. The Balaban J connectivity index is 1.55. The van der Waals surface area contributed by atoms with Gasteiger partial charge in [0.05, 0.1) is 24.0 Å². The number of hydrogen-bond acceptors (Lipinski definition) is 6. The van der Waals surface area contributed by atoms with Crippen LogP contribution in [0.3, 0.4) is 0 Å². The van der Waals surface area contributed by atoms with Crippen molar-refractivity contribution in [1.82, 2.24) is 25.1 Å². The van der Waals surface area contributed by atoms with Crippen LogP contribution in [0.25, 0.3) is 11.0 Å². The Morgan fingerprint density at radius 3 is 2.71 bits per heavy atom. The minimum absolute atomic E-state index is 0.0900. The number of aliphatic carboxylic acids is 1. The molecule has 2 aromatic carbocycles. The second-order valence-electron chi connectivity index (χ2n) is 9.48. The highest BCUT2D eigenvalue weighted by atomic mass is 16.4. The first-order valence-electron chi connectivity index (χ1n) is 12.5. The number of benzene rings is 2. The van der Waals surface area contributed by atoms with Crippen molar-refractivity contribution in [2.75, 3.05) is 25.5 Å². The number of fused-ring (bicyclic) bond motifs is 2. The lowest BCUT2D eigenvalue weighted by molar-refractivity contribution is -0.141. The van der Waals surface area contributed by atoms with Gasteiger partial charge in [-0.3, -0.25) is 19.2 Å². The maximum absolute atomic E-state index is 13.7. The van der Waals surface area contributed by atoms with E-state index in [1.54, 1.807) is 30.1 Å². The molecule has 0 saturated carbocycles. The molecule has 200 valence electrons. The lowest BCUT2D eigenvalue weighted by atomic mass is 10.1. The van der Waals surface area contributed by atoms with E-state index in [0.29, 0.717) is 36.6 Å². The fourth-order valence-corrected chi connectivity index (χ4v) is 4.55. The minimum Gasteiger partial charge on any atom is -0.481 e. The number of nitrogens with one attached hydrogen (secondary N) is 3. The molecule has 0 fully saturated rings. The van der Waals surface area contributed by atoms with Crippen molar-refractivity contribution in [2.45, 2.75) is 45.3 Å². The number of carboxylic acid groups (broad SMARTS) is 1. The maximum atomic E-state index is 13.7. The number of carbonyl (C=O) groups is 4. The van der Waals surface area contributed by atoms with E-state index in [0.717, 1.165) is 23.0 Å². The number of carboxylic acids is 1. The monoisotopic (exact) mass is 520 g/mol. The average molecular weight is 521 g/mol. The summed E-state index contributed by atoms with van der Waals surface area (Å²) in [6, 6.07) is 11.9. The highest BCUT2D eigenvalue weighted by Crippen LogP contribution is 2.26. The van der Waals surface area contributed by atoms with Crippen LogP contribution >= 0.6 is 0 Å². The van der Waals surface area contributed by atoms with Crippen molar-refractivity contribution in [3.05, 3.63) is 59.4 Å². The van der Waals surface area contributed by atoms with E-state index in [4.69, 9.17) is 0 Å². The molecule has 11 nitrogen and oxygen atoms in total. The predicted molar refractivity (Wildman–Crippen MR) is 141 cm³/mol. The molecule has 3 aromatic rings. The molecule has 0 bridgehead atoms. The number of rotatable bonds is 10. The van der Waals surface area contributed by atoms with E-state index in [2.05, 4.69) is 20.6 Å². The molecule has 38 heavy (non-hydrogen) atoms. The van der Waals surface area contributed by atoms with Gasteiger partial charge in [-0.25, -0.2) is 4.98 Å². The molecule has 2 heterocycles. The SMILES string of the molecule is CC(=O)NCCCCN(Cc1nc2ccccc2[nH]1)C(=O)c1ccc2c(c1)CN(C)C(=O)[C@H](CC(=O)O)N2. The molecule has 3 amide bonds. The topological polar surface area (TPSA) is 148 Å². The molecule has 0 radical (unpaired) electrons. The quantitative estimate of drug-likeness (QED) is 0.300. The Morgan fingerprint density at radius 2 is 1.97 bits per heavy atom. The molecular formula is C27H32N6O5. The molecule has 1 aliphatic heterocycles. The number of hydrogen-bond donors (Lipinski definition) is 4. The summed E-state index contributed by atoms with van der Waals surface area (Å²) < 4.78 is 0. The van der Waals surface area contributed by atoms with Crippen molar-refractivity contribution < 1.29 is 24.3 Å². The first-order chi connectivity index (χ1) is 18.2. The summed E-state index contributed by atoms with van der Waals surface area (Å²) in [7, 11) is 1.62. The number of H-pyrrole nitrogens is 1. The van der Waals surface area contributed by atoms with Crippen LogP contribution in [0.1, 0.15) is 47.9 Å². The van der Waals surface area contributed by atoms with E-state index in [1.165, 1.54) is 11.8 Å². The summed E-state index contributed by atoms with van der Waals surface area (Å²) in [4.78, 5) is 59.9. The van der Waals surface area contributed by atoms with Crippen LogP contribution in [0.15, 0.2) is 42.5 Å². The molecule has 0 unspecified atom stereocenters. The number of aromatic amines is 1. The van der Waals surface area contributed by atoms with E-state index in [9.17, 15) is 24.3 Å². The van der Waals surface area contributed by atoms with Crippen LogP contribution in [0, 0.1) is 0 Å². The van der Waals surface area contributed by atoms with Crippen molar-refractivity contribution in [1.29, 1.82) is 0 Å². The third kappa shape index (κ3) is 6.47. The van der Waals surface area contributed by atoms with Gasteiger partial charge in [0.2, 0.25) is 11.8 Å². The molecule has 11 heteroatoms. The molecular weight excluding hydrogens is 488 g/mol. The number of para-hydroxylation sites is 2. The summed E-state index contributed by atoms with van der Waals surface area (Å²) in [5.41, 5.74) is 3.53. The van der Waals surface area contributed by atoms with Crippen molar-refractivity contribution in [2.24, 2.45) is 0 Å². The normalized spacial score (nSPS) is 14.9. The van der Waals surface area contributed by atoms with Crippen LogP contribution in [-0.2, 0) is 27.5 Å². The van der Waals surface area contributed by atoms with Crippen LogP contribution in [0.2, 0.25) is 0 Å². The van der Waals surface area contributed by atoms with Gasteiger partial charge in [0.25, 0.3) is 5.91 Å². The molecule has 1 aromatic heterocycles. The number of imidazole rings is 1. The van der Waals surface area contributed by atoms with Gasteiger partial charge in [-0.1, -0.05) is 12.1 Å². The Bertz CT molecular complexity index is 1320. The van der Waals surface area contributed by atoms with Crippen molar-refractivity contribution in [3.8, 4) is 0 Å². The highest BCUT2D eigenvalue weighted by molar-refractivity contribution is 5.96. The summed E-state index contributed by atoms with van der Waals surface area (Å²) >= 11 is 0. The minimum atomic E-state index is -1.07. The fraction of sp³-hybridized carbons (Fsp3) is 0.370. The lowest BCUT2D eigenvalue weighted by Gasteiger charge is -2.23. The summed E-state index contributed by atoms with van der Waals surface area (Å²) in [5, 5.41) is 15.0. The van der Waals surface area contributed by atoms with E-state index >= 15 is 0 Å². The van der Waals surface area contributed by atoms with Gasteiger partial charge in [-0.05, 0) is 48.7 Å². The summed E-state index contributed by atoms with van der Waals surface area (Å²) in [5.74, 6) is -0.998. The molecule has 4 N–H and O–H groups in total. The first kappa shape index (κ1) is 26.6. The van der Waals surface area contributed by atoms with Gasteiger partial charge in [-0.2, -0.15) is 0 Å². The molecule has 1 aliphatic rings. The van der Waals surface area contributed by atoms with Crippen molar-refractivity contribution >= 4 is 40.4 Å². The molecule has 1 atom stereocenters. The Hall–Kier alpha value is -4.41. The number of anilines is 1. The third-order valence-electron chi connectivity index (χ3n) is 6.44. The van der Waals surface area contributed by atoms with E-state index in [1.807, 2.05) is 24.3 Å². The predicted octanol–water partition coefficient (Wildman–Crippen LogP) is 2.35. The van der Waals surface area contributed by atoms with Gasteiger partial charge in [0.15, 0.2) is 0 Å². The lowest BCUT2D eigenvalue weighted by Crippen LogP contribution is -2.39. The number of aromatic nitrogens is 2. The maximum Gasteiger partial charge on any atom is 0.305 e. The Kier molecular flexibility index (Phi) is 8.25. The van der Waals surface area contributed by atoms with Crippen molar-refractivity contribution in [3.63, 3.8) is 0 Å². The largest absolute Gasteiger partial charge is 0.481 e. The zero-order valence-electron chi connectivity index (χ0n) is 21.5. The van der Waals surface area contributed by atoms with Crippen LogP contribution < -0.4 is 10.6 Å². The second kappa shape index (κ2) is 11.8. The molecule has 0 spiro atoms. The fourth-order valence-electron chi connectivity index (χ4n) is 4.55. The molecule has 0 saturated heterocycles. The first-order valence-corrected chi connectivity index (χ1v) is 12.5.